The molecule has 2 aromatic rings. The van der Waals surface area contributed by atoms with E-state index in [9.17, 15) is 9.59 Å². The normalized spacial score (nSPS) is 10.2. The van der Waals surface area contributed by atoms with Gasteiger partial charge in [0.05, 0.1) is 17.2 Å². The smallest absolute Gasteiger partial charge is 0.339 e. The van der Waals surface area contributed by atoms with Crippen LogP contribution in [0.25, 0.3) is 0 Å². The van der Waals surface area contributed by atoms with E-state index in [1.54, 1.807) is 45.2 Å². The molecule has 136 valence electrons. The van der Waals surface area contributed by atoms with Gasteiger partial charge in [0.2, 0.25) is 0 Å². The Bertz CT molecular complexity index is 794. The average Bonchev–Trinajstić information content (AvgIpc) is 2.61. The van der Waals surface area contributed by atoms with E-state index in [0.717, 1.165) is 5.69 Å². The van der Waals surface area contributed by atoms with E-state index in [1.165, 1.54) is 5.01 Å². The van der Waals surface area contributed by atoms with Crippen LogP contribution in [-0.2, 0) is 4.74 Å². The summed E-state index contributed by atoms with van der Waals surface area (Å²) < 4.78 is 5.19. The Hall–Kier alpha value is -2.93. The van der Waals surface area contributed by atoms with Crippen LogP contribution in [0, 0.1) is 0 Å². The zero-order valence-corrected chi connectivity index (χ0v) is 15.7. The summed E-state index contributed by atoms with van der Waals surface area (Å²) in [6.45, 7) is 3.50. The van der Waals surface area contributed by atoms with Crippen molar-refractivity contribution in [2.24, 2.45) is 0 Å². The van der Waals surface area contributed by atoms with Gasteiger partial charge < -0.3 is 10.1 Å². The van der Waals surface area contributed by atoms with Gasteiger partial charge in [0.25, 0.3) is 5.91 Å². The third-order valence-electron chi connectivity index (χ3n) is 3.33. The number of nitrogens with zero attached hydrogens (tertiary/aromatic N) is 1. The first kappa shape index (κ1) is 19.4. The van der Waals surface area contributed by atoms with Gasteiger partial charge in [-0.25, -0.2) is 4.79 Å². The number of anilines is 1. The molecule has 0 atom stereocenters. The highest BCUT2D eigenvalue weighted by molar-refractivity contribution is 7.80. The molecule has 0 spiro atoms. The summed E-state index contributed by atoms with van der Waals surface area (Å²) in [6, 6.07) is 15.8. The highest BCUT2D eigenvalue weighted by atomic mass is 32.1. The zero-order chi connectivity index (χ0) is 19.1. The second kappa shape index (κ2) is 8.96. The maximum Gasteiger partial charge on any atom is 0.339 e. The number of thiocarbonyl (C=S) groups is 1. The summed E-state index contributed by atoms with van der Waals surface area (Å²) in [5.41, 5.74) is 3.87. The highest BCUT2D eigenvalue weighted by Crippen LogP contribution is 2.12. The summed E-state index contributed by atoms with van der Waals surface area (Å²) >= 11 is 5.28. The van der Waals surface area contributed by atoms with Gasteiger partial charge in [-0.15, -0.1) is 0 Å². The number of rotatable bonds is 4. The lowest BCUT2D eigenvalue weighted by atomic mass is 10.1. The minimum Gasteiger partial charge on any atom is -0.459 e. The molecule has 0 heterocycles. The molecule has 6 nitrogen and oxygen atoms in total. The number of hydrogen-bond donors (Lipinski definition) is 2. The number of carbonyl (C=O) groups is 2. The van der Waals surface area contributed by atoms with Crippen molar-refractivity contribution in [1.29, 1.82) is 0 Å². The van der Waals surface area contributed by atoms with Crippen molar-refractivity contribution in [2.75, 3.05) is 12.4 Å². The molecule has 0 unspecified atom stereocenters. The molecule has 0 aliphatic rings. The van der Waals surface area contributed by atoms with Gasteiger partial charge in [-0.1, -0.05) is 30.3 Å². The standard InChI is InChI=1S/C19H21N3O3S/c1-13(2)25-18(24)16-12-8-7-11-15(16)17(23)21-22(3)19(26)20-14-9-5-4-6-10-14/h4-13H,1-3H3,(H,20,26)(H,21,23). The van der Waals surface area contributed by atoms with Gasteiger partial charge in [0.15, 0.2) is 5.11 Å². The molecule has 0 saturated carbocycles. The fourth-order valence-corrected chi connectivity index (χ4v) is 2.29. The number of hydrogen-bond acceptors (Lipinski definition) is 4. The number of esters is 1. The largest absolute Gasteiger partial charge is 0.459 e. The number of ether oxygens (including phenoxy) is 1. The molecule has 0 aliphatic heterocycles. The number of hydrazine groups is 1. The number of benzene rings is 2. The number of nitrogens with one attached hydrogen (secondary N) is 2. The molecule has 0 aromatic heterocycles. The molecule has 2 rings (SSSR count). The number of carbonyl (C=O) groups excluding carboxylic acids is 2. The van der Waals surface area contributed by atoms with E-state index in [0.29, 0.717) is 5.11 Å². The predicted molar refractivity (Wildman–Crippen MR) is 105 cm³/mol. The minimum absolute atomic E-state index is 0.203. The lowest BCUT2D eigenvalue weighted by Gasteiger charge is -2.22. The molecular weight excluding hydrogens is 350 g/mol. The molecular formula is C19H21N3O3S. The Morgan fingerprint density at radius 2 is 1.58 bits per heavy atom. The lowest BCUT2D eigenvalue weighted by Crippen LogP contribution is -2.45. The van der Waals surface area contributed by atoms with Gasteiger partial charge in [-0.05, 0) is 50.3 Å². The molecule has 0 aliphatic carbocycles. The SMILES string of the molecule is CC(C)OC(=O)c1ccccc1C(=O)NN(C)C(=S)Nc1ccccc1. The van der Waals surface area contributed by atoms with Crippen molar-refractivity contribution in [2.45, 2.75) is 20.0 Å². The fraction of sp³-hybridized carbons (Fsp3) is 0.211. The molecule has 1 amide bonds. The molecule has 0 radical (unpaired) electrons. The topological polar surface area (TPSA) is 70.7 Å². The van der Waals surface area contributed by atoms with Crippen LogP contribution in [0.1, 0.15) is 34.6 Å². The zero-order valence-electron chi connectivity index (χ0n) is 14.9. The average molecular weight is 371 g/mol. The number of amides is 1. The Balaban J connectivity index is 2.07. The summed E-state index contributed by atoms with van der Waals surface area (Å²) in [5.74, 6) is -1.00. The van der Waals surface area contributed by atoms with Gasteiger partial charge in [-0.3, -0.25) is 15.2 Å². The Morgan fingerprint density at radius 1 is 1.00 bits per heavy atom. The number of para-hydroxylation sites is 1. The van der Waals surface area contributed by atoms with Gasteiger partial charge in [0.1, 0.15) is 0 Å². The monoisotopic (exact) mass is 371 g/mol. The van der Waals surface area contributed by atoms with E-state index in [-0.39, 0.29) is 17.2 Å². The van der Waals surface area contributed by atoms with Crippen LogP contribution in [0.2, 0.25) is 0 Å². The minimum atomic E-state index is -0.543. The van der Waals surface area contributed by atoms with Crippen molar-refractivity contribution in [3.8, 4) is 0 Å². The fourth-order valence-electron chi connectivity index (χ4n) is 2.13. The van der Waals surface area contributed by atoms with Crippen molar-refractivity contribution in [1.82, 2.24) is 10.4 Å². The molecule has 2 N–H and O–H groups in total. The molecule has 0 fully saturated rings. The first-order valence-corrected chi connectivity index (χ1v) is 8.50. The summed E-state index contributed by atoms with van der Waals surface area (Å²) in [7, 11) is 1.62. The van der Waals surface area contributed by atoms with Crippen LogP contribution in [0.4, 0.5) is 5.69 Å². The maximum absolute atomic E-state index is 12.6. The Morgan fingerprint density at radius 3 is 2.19 bits per heavy atom. The van der Waals surface area contributed by atoms with Crippen molar-refractivity contribution < 1.29 is 14.3 Å². The molecule has 0 saturated heterocycles. The van der Waals surface area contributed by atoms with Gasteiger partial charge >= 0.3 is 5.97 Å². The van der Waals surface area contributed by atoms with Crippen LogP contribution in [0.15, 0.2) is 54.6 Å². The Kier molecular flexibility index (Phi) is 6.68. The third-order valence-corrected chi connectivity index (χ3v) is 3.71. The first-order valence-electron chi connectivity index (χ1n) is 8.09. The van der Waals surface area contributed by atoms with Crippen LogP contribution >= 0.6 is 12.2 Å². The van der Waals surface area contributed by atoms with Crippen molar-refractivity contribution in [3.05, 3.63) is 65.7 Å². The molecule has 2 aromatic carbocycles. The highest BCUT2D eigenvalue weighted by Gasteiger charge is 2.20. The second-order valence-electron chi connectivity index (χ2n) is 5.80. The van der Waals surface area contributed by atoms with E-state index < -0.39 is 11.9 Å². The van der Waals surface area contributed by atoms with Crippen LogP contribution in [0.3, 0.4) is 0 Å². The van der Waals surface area contributed by atoms with Crippen LogP contribution < -0.4 is 10.7 Å². The predicted octanol–water partition coefficient (Wildman–Crippen LogP) is 3.23. The Labute approximate surface area is 158 Å². The van der Waals surface area contributed by atoms with Crippen LogP contribution in [-0.4, -0.2) is 35.1 Å². The molecule has 26 heavy (non-hydrogen) atoms. The van der Waals surface area contributed by atoms with E-state index in [1.807, 2.05) is 30.3 Å². The molecule has 7 heteroatoms. The summed E-state index contributed by atoms with van der Waals surface area (Å²) in [5, 5.41) is 4.71. The maximum atomic E-state index is 12.6. The molecule has 0 bridgehead atoms. The van der Waals surface area contributed by atoms with Crippen molar-refractivity contribution >= 4 is 34.9 Å². The summed E-state index contributed by atoms with van der Waals surface area (Å²) in [6.07, 6.45) is -0.274. The van der Waals surface area contributed by atoms with Gasteiger partial charge in [-0.2, -0.15) is 0 Å². The van der Waals surface area contributed by atoms with Gasteiger partial charge in [0, 0.05) is 12.7 Å². The van der Waals surface area contributed by atoms with Crippen molar-refractivity contribution in [3.63, 3.8) is 0 Å². The van der Waals surface area contributed by atoms with E-state index in [4.69, 9.17) is 17.0 Å². The summed E-state index contributed by atoms with van der Waals surface area (Å²) in [4.78, 5) is 24.8. The lowest BCUT2D eigenvalue weighted by molar-refractivity contribution is 0.0374. The van der Waals surface area contributed by atoms with E-state index >= 15 is 0 Å². The third kappa shape index (κ3) is 5.29. The quantitative estimate of drug-likeness (QED) is 0.489. The van der Waals surface area contributed by atoms with Crippen LogP contribution in [0.5, 0.6) is 0 Å². The van der Waals surface area contributed by atoms with E-state index in [2.05, 4.69) is 10.7 Å². The first-order chi connectivity index (χ1) is 12.4. The second-order valence-corrected chi connectivity index (χ2v) is 6.18.